The van der Waals surface area contributed by atoms with Crippen molar-refractivity contribution >= 4 is 17.3 Å². The van der Waals surface area contributed by atoms with Crippen LogP contribution in [0.15, 0.2) is 18.2 Å². The van der Waals surface area contributed by atoms with Gasteiger partial charge < -0.3 is 10.6 Å². The molecule has 2 aliphatic rings. The SMILES string of the molecule is N#Cc1cc(Cl)ccc1N1CC2CCC(N)C2C1. The van der Waals surface area contributed by atoms with Crippen LogP contribution in [-0.4, -0.2) is 19.1 Å². The van der Waals surface area contributed by atoms with Gasteiger partial charge in [0.2, 0.25) is 0 Å². The Kier molecular flexibility index (Phi) is 2.93. The van der Waals surface area contributed by atoms with Gasteiger partial charge in [0.25, 0.3) is 0 Å². The first kappa shape index (κ1) is 11.8. The molecule has 3 rings (SSSR count). The Labute approximate surface area is 112 Å². The molecule has 0 spiro atoms. The maximum atomic E-state index is 9.20. The van der Waals surface area contributed by atoms with Crippen LogP contribution in [0.25, 0.3) is 0 Å². The Morgan fingerprint density at radius 2 is 2.17 bits per heavy atom. The molecule has 3 atom stereocenters. The van der Waals surface area contributed by atoms with E-state index in [4.69, 9.17) is 17.3 Å². The van der Waals surface area contributed by atoms with E-state index in [9.17, 15) is 5.26 Å². The van der Waals surface area contributed by atoms with Gasteiger partial charge in [-0.1, -0.05) is 11.6 Å². The number of nitriles is 1. The lowest BCUT2D eigenvalue weighted by atomic mass is 9.98. The van der Waals surface area contributed by atoms with Gasteiger partial charge in [-0.25, -0.2) is 0 Å². The highest BCUT2D eigenvalue weighted by Gasteiger charge is 2.41. The monoisotopic (exact) mass is 261 g/mol. The van der Waals surface area contributed by atoms with Crippen LogP contribution in [0.1, 0.15) is 18.4 Å². The van der Waals surface area contributed by atoms with E-state index in [1.165, 1.54) is 6.42 Å². The van der Waals surface area contributed by atoms with E-state index in [0.717, 1.165) is 25.2 Å². The summed E-state index contributed by atoms with van der Waals surface area (Å²) in [7, 11) is 0. The van der Waals surface area contributed by atoms with Crippen molar-refractivity contribution in [2.24, 2.45) is 17.6 Å². The fourth-order valence-electron chi connectivity index (χ4n) is 3.38. The molecule has 1 aliphatic carbocycles. The molecular weight excluding hydrogens is 246 g/mol. The van der Waals surface area contributed by atoms with Crippen LogP contribution in [-0.2, 0) is 0 Å². The number of nitrogens with two attached hydrogens (primary N) is 1. The van der Waals surface area contributed by atoms with E-state index in [1.54, 1.807) is 6.07 Å². The van der Waals surface area contributed by atoms with E-state index in [2.05, 4.69) is 11.0 Å². The summed E-state index contributed by atoms with van der Waals surface area (Å²) in [5, 5.41) is 9.82. The lowest BCUT2D eigenvalue weighted by Gasteiger charge is -2.22. The maximum absolute atomic E-state index is 9.20. The number of rotatable bonds is 1. The van der Waals surface area contributed by atoms with Crippen molar-refractivity contribution in [1.29, 1.82) is 5.26 Å². The molecule has 0 bridgehead atoms. The van der Waals surface area contributed by atoms with E-state index in [0.29, 0.717) is 28.5 Å². The second-order valence-electron chi connectivity index (χ2n) is 5.34. The average Bonchev–Trinajstić information content (AvgIpc) is 2.92. The van der Waals surface area contributed by atoms with Crippen molar-refractivity contribution < 1.29 is 0 Å². The van der Waals surface area contributed by atoms with Crippen molar-refractivity contribution in [3.8, 4) is 6.07 Å². The Hall–Kier alpha value is -1.24. The van der Waals surface area contributed by atoms with Gasteiger partial charge >= 0.3 is 0 Å². The molecule has 1 saturated carbocycles. The molecule has 18 heavy (non-hydrogen) atoms. The third-order valence-electron chi connectivity index (χ3n) is 4.33. The summed E-state index contributed by atoms with van der Waals surface area (Å²) in [6, 6.07) is 8.11. The third kappa shape index (κ3) is 1.86. The number of halogens is 1. The van der Waals surface area contributed by atoms with Crippen molar-refractivity contribution in [1.82, 2.24) is 0 Å². The zero-order valence-corrected chi connectivity index (χ0v) is 10.9. The third-order valence-corrected chi connectivity index (χ3v) is 4.57. The zero-order chi connectivity index (χ0) is 12.7. The van der Waals surface area contributed by atoms with Crippen LogP contribution in [0.3, 0.4) is 0 Å². The van der Waals surface area contributed by atoms with Gasteiger partial charge in [0.15, 0.2) is 0 Å². The minimum Gasteiger partial charge on any atom is -0.370 e. The molecule has 1 heterocycles. The van der Waals surface area contributed by atoms with Crippen LogP contribution < -0.4 is 10.6 Å². The molecule has 2 fully saturated rings. The summed E-state index contributed by atoms with van der Waals surface area (Å²) in [4.78, 5) is 2.29. The Bertz CT molecular complexity index is 508. The van der Waals surface area contributed by atoms with Gasteiger partial charge in [-0.15, -0.1) is 0 Å². The summed E-state index contributed by atoms with van der Waals surface area (Å²) in [6.07, 6.45) is 2.37. The van der Waals surface area contributed by atoms with Crippen molar-refractivity contribution in [3.63, 3.8) is 0 Å². The molecule has 0 radical (unpaired) electrons. The predicted octanol–water partition coefficient (Wildman–Crippen LogP) is 2.39. The van der Waals surface area contributed by atoms with E-state index < -0.39 is 0 Å². The molecule has 0 aromatic heterocycles. The molecule has 0 amide bonds. The Morgan fingerprint density at radius 3 is 2.89 bits per heavy atom. The summed E-state index contributed by atoms with van der Waals surface area (Å²) in [5.74, 6) is 1.29. The topological polar surface area (TPSA) is 53.0 Å². The van der Waals surface area contributed by atoms with Gasteiger partial charge in [-0.05, 0) is 42.9 Å². The van der Waals surface area contributed by atoms with E-state index in [-0.39, 0.29) is 0 Å². The lowest BCUT2D eigenvalue weighted by Crippen LogP contribution is -2.30. The molecule has 3 unspecified atom stereocenters. The highest BCUT2D eigenvalue weighted by molar-refractivity contribution is 6.30. The smallest absolute Gasteiger partial charge is 0.101 e. The van der Waals surface area contributed by atoms with Crippen LogP contribution in [0.4, 0.5) is 5.69 Å². The Balaban J connectivity index is 1.87. The molecule has 4 heteroatoms. The van der Waals surface area contributed by atoms with Gasteiger partial charge in [-0.2, -0.15) is 5.26 Å². The number of nitrogens with zero attached hydrogens (tertiary/aromatic N) is 2. The van der Waals surface area contributed by atoms with Gasteiger partial charge in [0.1, 0.15) is 6.07 Å². The van der Waals surface area contributed by atoms with Crippen LogP contribution in [0, 0.1) is 23.2 Å². The summed E-state index contributed by atoms with van der Waals surface area (Å²) in [5.41, 5.74) is 7.81. The van der Waals surface area contributed by atoms with Gasteiger partial charge in [0, 0.05) is 24.2 Å². The number of benzene rings is 1. The average molecular weight is 262 g/mol. The van der Waals surface area contributed by atoms with E-state index >= 15 is 0 Å². The fourth-order valence-corrected chi connectivity index (χ4v) is 3.55. The second-order valence-corrected chi connectivity index (χ2v) is 5.78. The number of hydrogen-bond acceptors (Lipinski definition) is 3. The largest absolute Gasteiger partial charge is 0.370 e. The molecule has 2 N–H and O–H groups in total. The normalized spacial score (nSPS) is 30.3. The van der Waals surface area contributed by atoms with Crippen molar-refractivity contribution in [2.45, 2.75) is 18.9 Å². The van der Waals surface area contributed by atoms with E-state index in [1.807, 2.05) is 12.1 Å². The van der Waals surface area contributed by atoms with Crippen LogP contribution in [0.2, 0.25) is 5.02 Å². The molecule has 1 aliphatic heterocycles. The molecule has 1 aromatic rings. The number of hydrogen-bond donors (Lipinski definition) is 1. The number of fused-ring (bicyclic) bond motifs is 1. The minimum absolute atomic E-state index is 0.331. The first-order valence-corrected chi connectivity index (χ1v) is 6.77. The summed E-state index contributed by atoms with van der Waals surface area (Å²) < 4.78 is 0. The van der Waals surface area contributed by atoms with Crippen molar-refractivity contribution in [2.75, 3.05) is 18.0 Å². The quantitative estimate of drug-likeness (QED) is 0.845. The predicted molar refractivity (Wildman–Crippen MR) is 72.6 cm³/mol. The Morgan fingerprint density at radius 1 is 1.33 bits per heavy atom. The summed E-state index contributed by atoms with van der Waals surface area (Å²) >= 11 is 5.93. The molecule has 94 valence electrons. The lowest BCUT2D eigenvalue weighted by molar-refractivity contribution is 0.453. The highest BCUT2D eigenvalue weighted by atomic mass is 35.5. The van der Waals surface area contributed by atoms with Crippen molar-refractivity contribution in [3.05, 3.63) is 28.8 Å². The molecular formula is C14H16ClN3. The molecule has 1 saturated heterocycles. The highest BCUT2D eigenvalue weighted by Crippen LogP contribution is 2.40. The van der Waals surface area contributed by atoms with Gasteiger partial charge in [-0.3, -0.25) is 0 Å². The zero-order valence-electron chi connectivity index (χ0n) is 10.1. The van der Waals surface area contributed by atoms with Crippen LogP contribution in [0.5, 0.6) is 0 Å². The first-order valence-electron chi connectivity index (χ1n) is 6.39. The standard InChI is InChI=1S/C14H16ClN3/c15-11-2-4-14(10(5-11)6-16)18-7-9-1-3-13(17)12(9)8-18/h2,4-5,9,12-13H,1,3,7-8,17H2. The summed E-state index contributed by atoms with van der Waals surface area (Å²) in [6.45, 7) is 2.00. The minimum atomic E-state index is 0.331. The second kappa shape index (κ2) is 4.46. The fraction of sp³-hybridized carbons (Fsp3) is 0.500. The number of anilines is 1. The van der Waals surface area contributed by atoms with Gasteiger partial charge in [0.05, 0.1) is 11.3 Å². The molecule has 1 aromatic carbocycles. The molecule has 3 nitrogen and oxygen atoms in total. The van der Waals surface area contributed by atoms with Crippen LogP contribution >= 0.6 is 11.6 Å². The first-order chi connectivity index (χ1) is 8.69. The maximum Gasteiger partial charge on any atom is 0.101 e.